The number of alkyl halides is 1. The van der Waals surface area contributed by atoms with Crippen LogP contribution in [-0.2, 0) is 0 Å². The highest BCUT2D eigenvalue weighted by Gasteiger charge is 2.40. The van der Waals surface area contributed by atoms with E-state index in [1.54, 1.807) is 6.07 Å². The average Bonchev–Trinajstić information content (AvgIpc) is 2.44. The smallest absolute Gasteiger partial charge is 0.141 e. The van der Waals surface area contributed by atoms with E-state index in [0.29, 0.717) is 4.83 Å². The number of rotatable bonds is 1. The molecule has 1 saturated heterocycles. The van der Waals surface area contributed by atoms with Gasteiger partial charge in [0, 0.05) is 16.9 Å². The molecule has 1 aromatic heterocycles. The summed E-state index contributed by atoms with van der Waals surface area (Å²) in [5.74, 6) is 0.564. The van der Waals surface area contributed by atoms with Gasteiger partial charge in [-0.3, -0.25) is 0 Å². The second-order valence-corrected chi connectivity index (χ2v) is 5.50. The molecule has 0 bridgehead atoms. The Morgan fingerprint density at radius 3 is 2.73 bits per heavy atom. The van der Waals surface area contributed by atoms with Crippen molar-refractivity contribution in [2.24, 2.45) is 0 Å². The van der Waals surface area contributed by atoms with E-state index >= 15 is 0 Å². The minimum Gasteiger partial charge on any atom is -0.350 e. The van der Waals surface area contributed by atoms with Gasteiger partial charge in [0.25, 0.3) is 0 Å². The van der Waals surface area contributed by atoms with Crippen LogP contribution in [0.15, 0.2) is 18.3 Å². The number of nitrogens with zero attached hydrogens (tertiary/aromatic N) is 2. The summed E-state index contributed by atoms with van der Waals surface area (Å²) < 4.78 is 12.8. The molecule has 1 aliphatic heterocycles. The van der Waals surface area contributed by atoms with Crippen LogP contribution in [0.2, 0.25) is 0 Å². The summed E-state index contributed by atoms with van der Waals surface area (Å²) in [6.07, 6.45) is 2.36. The quantitative estimate of drug-likeness (QED) is 0.731. The first-order valence-electron chi connectivity index (χ1n) is 5.05. The van der Waals surface area contributed by atoms with Crippen molar-refractivity contribution in [1.82, 2.24) is 4.98 Å². The van der Waals surface area contributed by atoms with E-state index in [-0.39, 0.29) is 11.4 Å². The highest BCUT2D eigenvalue weighted by molar-refractivity contribution is 9.09. The molecule has 0 spiro atoms. The third-order valence-corrected chi connectivity index (χ3v) is 4.63. The van der Waals surface area contributed by atoms with Crippen LogP contribution < -0.4 is 4.90 Å². The third-order valence-electron chi connectivity index (χ3n) is 3.06. The van der Waals surface area contributed by atoms with Crippen molar-refractivity contribution in [3.63, 3.8) is 0 Å². The normalized spacial score (nSPS) is 24.5. The second-order valence-electron chi connectivity index (χ2n) is 4.40. The molecular formula is C11H14BrFN2. The monoisotopic (exact) mass is 272 g/mol. The summed E-state index contributed by atoms with van der Waals surface area (Å²) in [6.45, 7) is 5.30. The van der Waals surface area contributed by atoms with Crippen molar-refractivity contribution < 1.29 is 4.39 Å². The van der Waals surface area contributed by atoms with Gasteiger partial charge in [0.15, 0.2) is 0 Å². The number of hydrogen-bond donors (Lipinski definition) is 0. The summed E-state index contributed by atoms with van der Waals surface area (Å²) >= 11 is 3.67. The number of pyridine rings is 1. The predicted molar refractivity (Wildman–Crippen MR) is 63.0 cm³/mol. The van der Waals surface area contributed by atoms with Gasteiger partial charge in [-0.05, 0) is 32.4 Å². The van der Waals surface area contributed by atoms with Gasteiger partial charge >= 0.3 is 0 Å². The zero-order chi connectivity index (χ0) is 11.1. The van der Waals surface area contributed by atoms with Gasteiger partial charge in [-0.15, -0.1) is 0 Å². The van der Waals surface area contributed by atoms with Crippen LogP contribution >= 0.6 is 15.9 Å². The van der Waals surface area contributed by atoms with Crippen LogP contribution in [0, 0.1) is 5.82 Å². The van der Waals surface area contributed by atoms with Gasteiger partial charge in [0.05, 0.1) is 6.20 Å². The lowest BCUT2D eigenvalue weighted by molar-refractivity contribution is 0.529. The molecule has 2 heterocycles. The highest BCUT2D eigenvalue weighted by Crippen LogP contribution is 2.36. The summed E-state index contributed by atoms with van der Waals surface area (Å²) in [6, 6.07) is 3.20. The summed E-state index contributed by atoms with van der Waals surface area (Å²) in [5.41, 5.74) is 0.0326. The molecule has 0 amide bonds. The van der Waals surface area contributed by atoms with Crippen LogP contribution in [0.3, 0.4) is 0 Å². The van der Waals surface area contributed by atoms with Crippen molar-refractivity contribution in [3.05, 3.63) is 24.1 Å². The Bertz CT molecular complexity index is 350. The van der Waals surface area contributed by atoms with E-state index in [0.717, 1.165) is 18.8 Å². The molecule has 1 aliphatic rings. The Balaban J connectivity index is 2.28. The van der Waals surface area contributed by atoms with Crippen molar-refractivity contribution in [2.75, 3.05) is 11.4 Å². The molecule has 1 fully saturated rings. The lowest BCUT2D eigenvalue weighted by Gasteiger charge is -2.34. The van der Waals surface area contributed by atoms with Gasteiger partial charge in [-0.25, -0.2) is 9.37 Å². The molecule has 1 aromatic rings. The van der Waals surface area contributed by atoms with Gasteiger partial charge in [0.2, 0.25) is 0 Å². The molecule has 0 saturated carbocycles. The molecule has 2 rings (SSSR count). The first-order chi connectivity index (χ1) is 7.01. The lowest BCUT2D eigenvalue weighted by Crippen LogP contribution is -2.43. The number of aromatic nitrogens is 1. The van der Waals surface area contributed by atoms with Crippen molar-refractivity contribution in [1.29, 1.82) is 0 Å². The zero-order valence-corrected chi connectivity index (χ0v) is 10.5. The van der Waals surface area contributed by atoms with Crippen LogP contribution in [0.25, 0.3) is 0 Å². The molecule has 1 unspecified atom stereocenters. The molecule has 0 N–H and O–H groups in total. The second kappa shape index (κ2) is 3.74. The fourth-order valence-corrected chi connectivity index (χ4v) is 2.44. The lowest BCUT2D eigenvalue weighted by atomic mass is 10.0. The average molecular weight is 273 g/mol. The Kier molecular flexibility index (Phi) is 2.71. The van der Waals surface area contributed by atoms with E-state index in [1.165, 1.54) is 12.3 Å². The molecule has 0 aliphatic carbocycles. The first-order valence-corrected chi connectivity index (χ1v) is 5.96. The molecule has 0 aromatic carbocycles. The SMILES string of the molecule is CC1(C)C(Br)CCN1c1ccc(F)cn1. The molecule has 2 nitrogen and oxygen atoms in total. The van der Waals surface area contributed by atoms with Gasteiger partial charge in [0.1, 0.15) is 11.6 Å². The Hall–Kier alpha value is -0.640. The highest BCUT2D eigenvalue weighted by atomic mass is 79.9. The Morgan fingerprint density at radius 2 is 2.27 bits per heavy atom. The Morgan fingerprint density at radius 1 is 1.53 bits per heavy atom. The van der Waals surface area contributed by atoms with E-state index in [9.17, 15) is 4.39 Å². The van der Waals surface area contributed by atoms with Crippen molar-refractivity contribution in [2.45, 2.75) is 30.6 Å². The fourth-order valence-electron chi connectivity index (χ4n) is 1.99. The van der Waals surface area contributed by atoms with E-state index in [4.69, 9.17) is 0 Å². The van der Waals surface area contributed by atoms with Crippen LogP contribution in [0.5, 0.6) is 0 Å². The number of anilines is 1. The standard InChI is InChI=1S/C11H14BrFN2/c1-11(2)9(12)5-6-15(11)10-4-3-8(13)7-14-10/h3-4,7,9H,5-6H2,1-2H3. The number of halogens is 2. The van der Waals surface area contributed by atoms with Gasteiger partial charge < -0.3 is 4.90 Å². The first kappa shape index (κ1) is 10.9. The van der Waals surface area contributed by atoms with Crippen molar-refractivity contribution >= 4 is 21.7 Å². The molecule has 1 atom stereocenters. The molecule has 82 valence electrons. The van der Waals surface area contributed by atoms with Gasteiger partial charge in [-0.2, -0.15) is 0 Å². The van der Waals surface area contributed by atoms with Gasteiger partial charge in [-0.1, -0.05) is 15.9 Å². The molecular weight excluding hydrogens is 259 g/mol. The summed E-state index contributed by atoms with van der Waals surface area (Å²) in [4.78, 5) is 6.79. The van der Waals surface area contributed by atoms with E-state index < -0.39 is 0 Å². The van der Waals surface area contributed by atoms with Crippen LogP contribution in [0.1, 0.15) is 20.3 Å². The van der Waals surface area contributed by atoms with Crippen LogP contribution in [0.4, 0.5) is 10.2 Å². The zero-order valence-electron chi connectivity index (χ0n) is 8.87. The summed E-state index contributed by atoms with van der Waals surface area (Å²) in [5, 5.41) is 0. The minimum atomic E-state index is -0.286. The maximum atomic E-state index is 12.8. The predicted octanol–water partition coefficient (Wildman–Crippen LogP) is 2.97. The third kappa shape index (κ3) is 1.87. The minimum absolute atomic E-state index is 0.0326. The fraction of sp³-hybridized carbons (Fsp3) is 0.545. The maximum Gasteiger partial charge on any atom is 0.141 e. The largest absolute Gasteiger partial charge is 0.350 e. The Labute approximate surface area is 97.6 Å². The topological polar surface area (TPSA) is 16.1 Å². The van der Waals surface area contributed by atoms with E-state index in [1.807, 2.05) is 0 Å². The van der Waals surface area contributed by atoms with Crippen LogP contribution in [-0.4, -0.2) is 21.9 Å². The maximum absolute atomic E-state index is 12.8. The van der Waals surface area contributed by atoms with Crippen molar-refractivity contribution in [3.8, 4) is 0 Å². The van der Waals surface area contributed by atoms with E-state index in [2.05, 4.69) is 39.7 Å². The summed E-state index contributed by atoms with van der Waals surface area (Å²) in [7, 11) is 0. The molecule has 4 heteroatoms. The molecule has 0 radical (unpaired) electrons. The number of hydrogen-bond acceptors (Lipinski definition) is 2. The molecule has 15 heavy (non-hydrogen) atoms.